The second-order valence-corrected chi connectivity index (χ2v) is 15.8. The van der Waals surface area contributed by atoms with Crippen molar-refractivity contribution in [3.8, 4) is 0 Å². The van der Waals surface area contributed by atoms with E-state index < -0.39 is 8.07 Å². The summed E-state index contributed by atoms with van der Waals surface area (Å²) in [5.74, 6) is 0.438. The maximum atomic E-state index is 2.61. The standard InChI is InChI=1S/C39H52Si/c1-11-30-17-31(12-2)21-36(20-30)40(39-28(9)26(7)27(8)29(39)10,37-22-32(13-3)18-33(14-4)23-37)38-24-34(15-5)19-35(16-6)25-38/h17-25,28H,11-16H2,1-10H3. The highest BCUT2D eigenvalue weighted by molar-refractivity contribution is 7.16. The molecule has 0 nitrogen and oxygen atoms in total. The van der Waals surface area contributed by atoms with Gasteiger partial charge in [0.15, 0.2) is 8.07 Å². The summed E-state index contributed by atoms with van der Waals surface area (Å²) in [4.78, 5) is 0. The maximum Gasteiger partial charge on any atom is 0.176 e. The van der Waals surface area contributed by atoms with E-state index in [9.17, 15) is 0 Å². The molecule has 1 heteroatoms. The summed E-state index contributed by atoms with van der Waals surface area (Å²) < 4.78 is 0. The quantitative estimate of drug-likeness (QED) is 0.176. The Morgan fingerprint density at radius 3 is 0.925 bits per heavy atom. The molecule has 0 radical (unpaired) electrons. The molecule has 0 amide bonds. The Hall–Kier alpha value is -2.64. The molecular weight excluding hydrogens is 497 g/mol. The van der Waals surface area contributed by atoms with E-state index in [-0.39, 0.29) is 0 Å². The largest absolute Gasteiger partial charge is 0.176 e. The molecule has 40 heavy (non-hydrogen) atoms. The van der Waals surface area contributed by atoms with Gasteiger partial charge in [0.05, 0.1) is 0 Å². The molecule has 0 saturated carbocycles. The molecular formula is C39H52Si. The number of rotatable bonds is 10. The van der Waals surface area contributed by atoms with Crippen LogP contribution in [0.1, 0.15) is 103 Å². The number of aryl methyl sites for hydroxylation is 6. The smallest absolute Gasteiger partial charge is 0.0636 e. The highest BCUT2D eigenvalue weighted by atomic mass is 28.3. The fraction of sp³-hybridized carbons (Fsp3) is 0.436. The lowest BCUT2D eigenvalue weighted by atomic mass is 10.1. The van der Waals surface area contributed by atoms with Crippen molar-refractivity contribution in [1.29, 1.82) is 0 Å². The van der Waals surface area contributed by atoms with Crippen LogP contribution in [0.5, 0.6) is 0 Å². The Labute approximate surface area is 246 Å². The van der Waals surface area contributed by atoms with Crippen molar-refractivity contribution >= 4 is 23.6 Å². The summed E-state index contributed by atoms with van der Waals surface area (Å²) in [6.07, 6.45) is 6.41. The fourth-order valence-electron chi connectivity index (χ4n) is 7.10. The lowest BCUT2D eigenvalue weighted by Gasteiger charge is -2.40. The molecule has 1 aliphatic carbocycles. The summed E-state index contributed by atoms with van der Waals surface area (Å²) in [6.45, 7) is 23.6. The van der Waals surface area contributed by atoms with Gasteiger partial charge in [-0.05, 0) is 120 Å². The maximum absolute atomic E-state index is 2.65. The zero-order valence-corrected chi connectivity index (χ0v) is 28.0. The van der Waals surface area contributed by atoms with Gasteiger partial charge in [-0.3, -0.25) is 0 Å². The Morgan fingerprint density at radius 2 is 0.725 bits per heavy atom. The summed E-state index contributed by atoms with van der Waals surface area (Å²) in [6, 6.07) is 23.0. The second kappa shape index (κ2) is 12.5. The summed E-state index contributed by atoms with van der Waals surface area (Å²) >= 11 is 0. The number of allylic oxidation sites excluding steroid dienone is 4. The van der Waals surface area contributed by atoms with Crippen LogP contribution in [-0.4, -0.2) is 8.07 Å². The molecule has 0 saturated heterocycles. The van der Waals surface area contributed by atoms with Gasteiger partial charge in [-0.2, -0.15) is 0 Å². The molecule has 0 fully saturated rings. The third kappa shape index (κ3) is 5.23. The molecule has 4 rings (SSSR count). The first-order valence-electron chi connectivity index (χ1n) is 16.0. The lowest BCUT2D eigenvalue weighted by molar-refractivity contribution is 0.851. The van der Waals surface area contributed by atoms with E-state index in [1.807, 2.05) is 0 Å². The van der Waals surface area contributed by atoms with Crippen LogP contribution in [0.2, 0.25) is 0 Å². The van der Waals surface area contributed by atoms with E-state index in [1.165, 1.54) is 44.5 Å². The molecule has 0 aliphatic heterocycles. The minimum Gasteiger partial charge on any atom is -0.0636 e. The van der Waals surface area contributed by atoms with E-state index in [2.05, 4.69) is 124 Å². The SMILES string of the molecule is CCc1cc(CC)cc([Si](C2=C(C)C(C)=C(C)C2C)(c2cc(CC)cc(CC)c2)c2cc(CC)cc(CC)c2)c1. The van der Waals surface area contributed by atoms with Crippen molar-refractivity contribution in [1.82, 2.24) is 0 Å². The molecule has 0 heterocycles. The van der Waals surface area contributed by atoms with Gasteiger partial charge in [0.25, 0.3) is 0 Å². The van der Waals surface area contributed by atoms with Crippen molar-refractivity contribution in [2.45, 2.75) is 108 Å². The highest BCUT2D eigenvalue weighted by Crippen LogP contribution is 2.41. The minimum atomic E-state index is -2.65. The van der Waals surface area contributed by atoms with Gasteiger partial charge < -0.3 is 0 Å². The molecule has 1 aliphatic rings. The van der Waals surface area contributed by atoms with Gasteiger partial charge in [0.1, 0.15) is 0 Å². The van der Waals surface area contributed by atoms with Gasteiger partial charge in [0, 0.05) is 0 Å². The van der Waals surface area contributed by atoms with Crippen LogP contribution in [0.4, 0.5) is 0 Å². The molecule has 0 aromatic heterocycles. The monoisotopic (exact) mass is 548 g/mol. The number of hydrogen-bond donors (Lipinski definition) is 0. The second-order valence-electron chi connectivity index (χ2n) is 12.1. The van der Waals surface area contributed by atoms with Crippen LogP contribution < -0.4 is 15.6 Å². The normalized spacial score (nSPS) is 15.9. The fourth-order valence-corrected chi connectivity index (χ4v) is 13.1. The van der Waals surface area contributed by atoms with E-state index in [0.717, 1.165) is 38.5 Å². The van der Waals surface area contributed by atoms with E-state index in [1.54, 1.807) is 26.3 Å². The predicted octanol–water partition coefficient (Wildman–Crippen LogP) is 8.37. The van der Waals surface area contributed by atoms with Crippen molar-refractivity contribution in [3.05, 3.63) is 110 Å². The van der Waals surface area contributed by atoms with E-state index >= 15 is 0 Å². The number of benzene rings is 3. The summed E-state index contributed by atoms with van der Waals surface area (Å²) in [5, 5.41) is 6.46. The van der Waals surface area contributed by atoms with Crippen molar-refractivity contribution in [2.75, 3.05) is 0 Å². The van der Waals surface area contributed by atoms with Crippen LogP contribution in [0.15, 0.2) is 76.5 Å². The third-order valence-electron chi connectivity index (χ3n) is 9.95. The molecule has 0 bridgehead atoms. The average molecular weight is 549 g/mol. The topological polar surface area (TPSA) is 0 Å². The van der Waals surface area contributed by atoms with Crippen LogP contribution >= 0.6 is 0 Å². The van der Waals surface area contributed by atoms with Crippen molar-refractivity contribution in [3.63, 3.8) is 0 Å². The van der Waals surface area contributed by atoms with Crippen molar-refractivity contribution in [2.24, 2.45) is 5.92 Å². The van der Waals surface area contributed by atoms with Crippen LogP contribution in [0, 0.1) is 5.92 Å². The van der Waals surface area contributed by atoms with Gasteiger partial charge in [-0.25, -0.2) is 0 Å². The van der Waals surface area contributed by atoms with Gasteiger partial charge >= 0.3 is 0 Å². The molecule has 3 aromatic carbocycles. The Morgan fingerprint density at radius 1 is 0.450 bits per heavy atom. The summed E-state index contributed by atoms with van der Waals surface area (Å²) in [7, 11) is -2.65. The zero-order chi connectivity index (χ0) is 29.2. The molecule has 1 atom stereocenters. The first kappa shape index (κ1) is 30.3. The molecule has 3 aromatic rings. The minimum absolute atomic E-state index is 0.438. The Kier molecular flexibility index (Phi) is 9.46. The Balaban J connectivity index is 2.31. The molecule has 212 valence electrons. The van der Waals surface area contributed by atoms with Crippen LogP contribution in [0.3, 0.4) is 0 Å². The van der Waals surface area contributed by atoms with Gasteiger partial charge in [-0.1, -0.05) is 119 Å². The molecule has 0 N–H and O–H groups in total. The zero-order valence-electron chi connectivity index (χ0n) is 27.0. The Bertz CT molecular complexity index is 1250. The van der Waals surface area contributed by atoms with Gasteiger partial charge in [-0.15, -0.1) is 0 Å². The lowest BCUT2D eigenvalue weighted by Crippen LogP contribution is -2.70. The van der Waals surface area contributed by atoms with Crippen LogP contribution in [-0.2, 0) is 38.5 Å². The molecule has 0 spiro atoms. The predicted molar refractivity (Wildman–Crippen MR) is 180 cm³/mol. The van der Waals surface area contributed by atoms with Gasteiger partial charge in [0.2, 0.25) is 0 Å². The number of hydrogen-bond acceptors (Lipinski definition) is 0. The summed E-state index contributed by atoms with van der Waals surface area (Å²) in [5.41, 5.74) is 13.4. The third-order valence-corrected chi connectivity index (χ3v) is 15.0. The average Bonchev–Trinajstić information content (AvgIpc) is 3.19. The van der Waals surface area contributed by atoms with Crippen LogP contribution in [0.25, 0.3) is 0 Å². The van der Waals surface area contributed by atoms with E-state index in [0.29, 0.717) is 5.92 Å². The first-order chi connectivity index (χ1) is 19.2. The van der Waals surface area contributed by atoms with Crippen molar-refractivity contribution < 1.29 is 0 Å². The molecule has 1 unspecified atom stereocenters. The highest BCUT2D eigenvalue weighted by Gasteiger charge is 2.48. The first-order valence-corrected chi connectivity index (χ1v) is 18.0. The van der Waals surface area contributed by atoms with E-state index in [4.69, 9.17) is 0 Å².